The number of hydrogen-bond donors (Lipinski definition) is 2. The van der Waals surface area contributed by atoms with E-state index in [1.54, 1.807) is 25.1 Å². The van der Waals surface area contributed by atoms with Gasteiger partial charge in [-0.1, -0.05) is 11.6 Å². The van der Waals surface area contributed by atoms with Crippen LogP contribution in [0, 0.1) is 12.7 Å². The summed E-state index contributed by atoms with van der Waals surface area (Å²) in [6, 6.07) is 8.86. The van der Waals surface area contributed by atoms with Crippen molar-refractivity contribution in [3.8, 4) is 0 Å². The van der Waals surface area contributed by atoms with Crippen LogP contribution in [0.15, 0.2) is 53.6 Å². The van der Waals surface area contributed by atoms with E-state index in [1.165, 1.54) is 30.6 Å². The number of benzene rings is 2. The zero-order chi connectivity index (χ0) is 19.1. The van der Waals surface area contributed by atoms with Gasteiger partial charge in [-0.2, -0.15) is 0 Å². The molecule has 0 aliphatic carbocycles. The lowest BCUT2D eigenvalue weighted by atomic mass is 10.1. The molecule has 0 bridgehead atoms. The number of anilines is 1. The normalized spacial score (nSPS) is 11.1. The molecule has 2 N–H and O–H groups in total. The van der Waals surface area contributed by atoms with E-state index in [0.29, 0.717) is 32.5 Å². The molecular formula is C20H13ClFN3O2. The van der Waals surface area contributed by atoms with Crippen molar-refractivity contribution >= 4 is 45.0 Å². The minimum atomic E-state index is -0.595. The molecule has 0 atom stereocenters. The van der Waals surface area contributed by atoms with Crippen LogP contribution in [0.25, 0.3) is 21.8 Å². The first kappa shape index (κ1) is 17.2. The minimum Gasteiger partial charge on any atom is -0.360 e. The molecule has 1 amide bonds. The number of aryl methyl sites for hydroxylation is 1. The first-order chi connectivity index (χ1) is 13.0. The van der Waals surface area contributed by atoms with Gasteiger partial charge in [0.15, 0.2) is 0 Å². The molecule has 7 heteroatoms. The molecule has 2 heterocycles. The van der Waals surface area contributed by atoms with Gasteiger partial charge in [0, 0.05) is 28.2 Å². The fourth-order valence-corrected chi connectivity index (χ4v) is 3.16. The number of H-pyrrole nitrogens is 1. The number of halogens is 2. The number of aromatic nitrogens is 2. The molecule has 0 saturated heterocycles. The average Bonchev–Trinajstić information content (AvgIpc) is 2.65. The summed E-state index contributed by atoms with van der Waals surface area (Å²) in [6.07, 6.45) is 2.86. The van der Waals surface area contributed by atoms with Gasteiger partial charge in [-0.15, -0.1) is 0 Å². The molecule has 0 saturated carbocycles. The number of nitrogens with zero attached hydrogens (tertiary/aromatic N) is 1. The number of carbonyl (C=O) groups is 1. The number of rotatable bonds is 2. The highest BCUT2D eigenvalue weighted by Gasteiger charge is 2.16. The third-order valence-electron chi connectivity index (χ3n) is 4.45. The molecule has 0 radical (unpaired) electrons. The SMILES string of the molecule is Cc1c(Cl)ccc2c(=O)c(C(=O)Nc3ccnc4ccc(F)cc34)c[nH]c12. The van der Waals surface area contributed by atoms with E-state index in [1.807, 2.05) is 0 Å². The van der Waals surface area contributed by atoms with Gasteiger partial charge in [-0.05, 0) is 48.9 Å². The van der Waals surface area contributed by atoms with Crippen LogP contribution < -0.4 is 10.7 Å². The first-order valence-corrected chi connectivity index (χ1v) is 8.49. The number of aromatic amines is 1. The molecule has 0 unspecified atom stereocenters. The van der Waals surface area contributed by atoms with Crippen LogP contribution in [0.1, 0.15) is 15.9 Å². The highest BCUT2D eigenvalue weighted by atomic mass is 35.5. The molecule has 0 spiro atoms. The maximum atomic E-state index is 13.6. The van der Waals surface area contributed by atoms with Gasteiger partial charge in [0.2, 0.25) is 5.43 Å². The summed E-state index contributed by atoms with van der Waals surface area (Å²) >= 11 is 6.08. The molecule has 0 aliphatic rings. The Bertz CT molecular complexity index is 1280. The van der Waals surface area contributed by atoms with E-state index in [-0.39, 0.29) is 5.56 Å². The molecular weight excluding hydrogens is 369 g/mol. The number of nitrogens with one attached hydrogen (secondary N) is 2. The molecule has 4 rings (SSSR count). The monoisotopic (exact) mass is 381 g/mol. The minimum absolute atomic E-state index is 0.0504. The topological polar surface area (TPSA) is 74.8 Å². The van der Waals surface area contributed by atoms with E-state index in [9.17, 15) is 14.0 Å². The summed E-state index contributed by atoms with van der Waals surface area (Å²) in [4.78, 5) is 32.5. The van der Waals surface area contributed by atoms with Crippen molar-refractivity contribution < 1.29 is 9.18 Å². The van der Waals surface area contributed by atoms with Gasteiger partial charge >= 0.3 is 0 Å². The third kappa shape index (κ3) is 2.94. The van der Waals surface area contributed by atoms with Gasteiger partial charge in [-0.25, -0.2) is 4.39 Å². The van der Waals surface area contributed by atoms with Gasteiger partial charge in [0.1, 0.15) is 11.4 Å². The summed E-state index contributed by atoms with van der Waals surface area (Å²) in [6.45, 7) is 1.79. The van der Waals surface area contributed by atoms with E-state index in [2.05, 4.69) is 15.3 Å². The lowest BCUT2D eigenvalue weighted by Crippen LogP contribution is -2.22. The number of amides is 1. The zero-order valence-corrected chi connectivity index (χ0v) is 14.9. The molecule has 2 aromatic carbocycles. The zero-order valence-electron chi connectivity index (χ0n) is 14.1. The Kier molecular flexibility index (Phi) is 4.12. The fourth-order valence-electron chi connectivity index (χ4n) is 3.00. The lowest BCUT2D eigenvalue weighted by molar-refractivity contribution is 0.102. The molecule has 0 aliphatic heterocycles. The number of pyridine rings is 2. The van der Waals surface area contributed by atoms with Gasteiger partial charge in [0.25, 0.3) is 5.91 Å². The van der Waals surface area contributed by atoms with Gasteiger partial charge < -0.3 is 10.3 Å². The van der Waals surface area contributed by atoms with Crippen LogP contribution in [0.3, 0.4) is 0 Å². The Labute approximate surface area is 157 Å². The smallest absolute Gasteiger partial charge is 0.261 e. The maximum Gasteiger partial charge on any atom is 0.261 e. The van der Waals surface area contributed by atoms with Crippen molar-refractivity contribution in [2.75, 3.05) is 5.32 Å². The summed E-state index contributed by atoms with van der Waals surface area (Å²) in [7, 11) is 0. The van der Waals surface area contributed by atoms with E-state index < -0.39 is 17.2 Å². The fraction of sp³-hybridized carbons (Fsp3) is 0.0500. The van der Waals surface area contributed by atoms with Crippen molar-refractivity contribution in [2.24, 2.45) is 0 Å². The number of hydrogen-bond acceptors (Lipinski definition) is 3. The quantitative estimate of drug-likeness (QED) is 0.539. The van der Waals surface area contributed by atoms with E-state index in [0.717, 1.165) is 5.56 Å². The summed E-state index contributed by atoms with van der Waals surface area (Å²) in [5, 5.41) is 4.02. The van der Waals surface area contributed by atoms with Crippen LogP contribution in [0.5, 0.6) is 0 Å². The molecule has 4 aromatic rings. The van der Waals surface area contributed by atoms with E-state index in [4.69, 9.17) is 11.6 Å². The highest BCUT2D eigenvalue weighted by molar-refractivity contribution is 6.32. The molecule has 0 fully saturated rings. The lowest BCUT2D eigenvalue weighted by Gasteiger charge is -2.10. The number of carbonyl (C=O) groups excluding carboxylic acids is 1. The van der Waals surface area contributed by atoms with Crippen molar-refractivity contribution in [3.63, 3.8) is 0 Å². The Hall–Kier alpha value is -3.25. The summed E-state index contributed by atoms with van der Waals surface area (Å²) < 4.78 is 13.6. The van der Waals surface area contributed by atoms with Crippen LogP contribution in [-0.2, 0) is 0 Å². The number of fused-ring (bicyclic) bond motifs is 2. The predicted octanol–water partition coefficient (Wildman–Crippen LogP) is 4.43. The second kappa shape index (κ2) is 6.48. The van der Waals surface area contributed by atoms with Crippen LogP contribution in [-0.4, -0.2) is 15.9 Å². The maximum absolute atomic E-state index is 13.6. The molecule has 134 valence electrons. The van der Waals surface area contributed by atoms with Crippen molar-refractivity contribution in [1.82, 2.24) is 9.97 Å². The summed E-state index contributed by atoms with van der Waals surface area (Å²) in [5.41, 5.74) is 1.76. The Morgan fingerprint density at radius 1 is 1.19 bits per heavy atom. The Balaban J connectivity index is 1.78. The largest absolute Gasteiger partial charge is 0.360 e. The van der Waals surface area contributed by atoms with Crippen molar-refractivity contribution in [1.29, 1.82) is 0 Å². The second-order valence-corrected chi connectivity index (χ2v) is 6.51. The van der Waals surface area contributed by atoms with Gasteiger partial charge in [-0.3, -0.25) is 14.6 Å². The van der Waals surface area contributed by atoms with Crippen LogP contribution >= 0.6 is 11.6 Å². The predicted molar refractivity (Wildman–Crippen MR) is 104 cm³/mol. The second-order valence-electron chi connectivity index (χ2n) is 6.10. The third-order valence-corrected chi connectivity index (χ3v) is 4.85. The molecule has 5 nitrogen and oxygen atoms in total. The standard InChI is InChI=1S/C20H13ClFN3O2/c1-10-15(21)4-3-12-18(10)24-9-14(19(12)26)20(27)25-17-6-7-23-16-5-2-11(22)8-13(16)17/h2-9H,1H3,(H,24,26)(H,23,25,27). The Morgan fingerprint density at radius 3 is 2.81 bits per heavy atom. The molecule has 27 heavy (non-hydrogen) atoms. The highest BCUT2D eigenvalue weighted by Crippen LogP contribution is 2.24. The molecule has 2 aromatic heterocycles. The first-order valence-electron chi connectivity index (χ1n) is 8.12. The van der Waals surface area contributed by atoms with E-state index >= 15 is 0 Å². The van der Waals surface area contributed by atoms with Crippen molar-refractivity contribution in [2.45, 2.75) is 6.92 Å². The van der Waals surface area contributed by atoms with Crippen molar-refractivity contribution in [3.05, 3.63) is 81.0 Å². The van der Waals surface area contributed by atoms with Crippen LogP contribution in [0.2, 0.25) is 5.02 Å². The Morgan fingerprint density at radius 2 is 2.00 bits per heavy atom. The van der Waals surface area contributed by atoms with Crippen LogP contribution in [0.4, 0.5) is 10.1 Å². The average molecular weight is 382 g/mol. The van der Waals surface area contributed by atoms with Gasteiger partial charge in [0.05, 0.1) is 16.7 Å². The summed E-state index contributed by atoms with van der Waals surface area (Å²) in [5.74, 6) is -1.04.